The van der Waals surface area contributed by atoms with Gasteiger partial charge in [0, 0.05) is 35.2 Å². The zero-order valence-electron chi connectivity index (χ0n) is 11.4. The first-order valence-electron chi connectivity index (χ1n) is 6.35. The average Bonchev–Trinajstić information content (AvgIpc) is 2.94. The van der Waals surface area contributed by atoms with Crippen molar-refractivity contribution in [3.63, 3.8) is 0 Å². The van der Waals surface area contributed by atoms with Gasteiger partial charge in [0.15, 0.2) is 0 Å². The standard InChI is InChI=1S/C15H17N3S/c1-10-14(11(2)18(3)17-10)9-16-13-4-5-15-12(8-13)6-7-19-15/h4-8,16H,9H2,1-3H3. The molecule has 1 aromatic carbocycles. The molecule has 2 aromatic heterocycles. The Bertz CT molecular complexity index is 724. The number of benzene rings is 1. The van der Waals surface area contributed by atoms with Crippen LogP contribution < -0.4 is 5.32 Å². The van der Waals surface area contributed by atoms with Crippen LogP contribution in [-0.2, 0) is 13.6 Å². The quantitative estimate of drug-likeness (QED) is 0.784. The number of rotatable bonds is 3. The Balaban J connectivity index is 1.81. The van der Waals surface area contributed by atoms with E-state index in [1.54, 1.807) is 11.3 Å². The minimum Gasteiger partial charge on any atom is -0.381 e. The van der Waals surface area contributed by atoms with E-state index in [2.05, 4.69) is 53.9 Å². The highest BCUT2D eigenvalue weighted by molar-refractivity contribution is 7.17. The van der Waals surface area contributed by atoms with Crippen molar-refractivity contribution in [2.45, 2.75) is 20.4 Å². The van der Waals surface area contributed by atoms with Crippen LogP contribution in [0.15, 0.2) is 29.6 Å². The summed E-state index contributed by atoms with van der Waals surface area (Å²) in [6, 6.07) is 8.67. The van der Waals surface area contributed by atoms with Crippen LogP contribution in [0.5, 0.6) is 0 Å². The van der Waals surface area contributed by atoms with E-state index in [1.807, 2.05) is 11.7 Å². The third-order valence-electron chi connectivity index (χ3n) is 3.58. The van der Waals surface area contributed by atoms with Crippen LogP contribution in [0, 0.1) is 13.8 Å². The van der Waals surface area contributed by atoms with Gasteiger partial charge in [-0.15, -0.1) is 11.3 Å². The summed E-state index contributed by atoms with van der Waals surface area (Å²) in [5.74, 6) is 0. The van der Waals surface area contributed by atoms with Gasteiger partial charge in [0.25, 0.3) is 0 Å². The van der Waals surface area contributed by atoms with Gasteiger partial charge in [-0.05, 0) is 48.9 Å². The lowest BCUT2D eigenvalue weighted by Crippen LogP contribution is -2.02. The molecule has 3 aromatic rings. The summed E-state index contributed by atoms with van der Waals surface area (Å²) in [6.07, 6.45) is 0. The third kappa shape index (κ3) is 2.24. The van der Waals surface area contributed by atoms with Crippen LogP contribution in [0.1, 0.15) is 17.0 Å². The molecule has 0 saturated carbocycles. The van der Waals surface area contributed by atoms with Crippen molar-refractivity contribution < 1.29 is 0 Å². The lowest BCUT2D eigenvalue weighted by molar-refractivity contribution is 0.730. The van der Waals surface area contributed by atoms with Gasteiger partial charge < -0.3 is 5.32 Å². The second-order valence-electron chi connectivity index (χ2n) is 4.80. The summed E-state index contributed by atoms with van der Waals surface area (Å²) >= 11 is 1.78. The number of hydrogen-bond donors (Lipinski definition) is 1. The number of aromatic nitrogens is 2. The van der Waals surface area contributed by atoms with Crippen molar-refractivity contribution in [3.05, 3.63) is 46.6 Å². The van der Waals surface area contributed by atoms with Crippen LogP contribution >= 0.6 is 11.3 Å². The summed E-state index contributed by atoms with van der Waals surface area (Å²) in [5, 5.41) is 11.4. The normalized spacial score (nSPS) is 11.1. The molecule has 0 radical (unpaired) electrons. The molecule has 1 N–H and O–H groups in total. The van der Waals surface area contributed by atoms with Gasteiger partial charge in [0.2, 0.25) is 0 Å². The fourth-order valence-electron chi connectivity index (χ4n) is 2.34. The molecule has 0 aliphatic rings. The molecular weight excluding hydrogens is 254 g/mol. The zero-order valence-corrected chi connectivity index (χ0v) is 12.2. The molecule has 19 heavy (non-hydrogen) atoms. The first-order valence-corrected chi connectivity index (χ1v) is 7.23. The molecule has 0 spiro atoms. The lowest BCUT2D eigenvalue weighted by atomic mass is 10.2. The fourth-order valence-corrected chi connectivity index (χ4v) is 3.11. The van der Waals surface area contributed by atoms with Gasteiger partial charge in [0.1, 0.15) is 0 Å². The van der Waals surface area contributed by atoms with Gasteiger partial charge in [-0.25, -0.2) is 0 Å². The maximum Gasteiger partial charge on any atom is 0.0646 e. The Morgan fingerprint density at radius 2 is 2.11 bits per heavy atom. The van der Waals surface area contributed by atoms with Gasteiger partial charge in [0.05, 0.1) is 5.69 Å². The Morgan fingerprint density at radius 1 is 1.26 bits per heavy atom. The van der Waals surface area contributed by atoms with Crippen molar-refractivity contribution in [1.29, 1.82) is 0 Å². The Morgan fingerprint density at radius 3 is 2.84 bits per heavy atom. The highest BCUT2D eigenvalue weighted by atomic mass is 32.1. The van der Waals surface area contributed by atoms with Crippen molar-refractivity contribution in [1.82, 2.24) is 9.78 Å². The molecule has 0 fully saturated rings. The minimum absolute atomic E-state index is 0.821. The van der Waals surface area contributed by atoms with Gasteiger partial charge in [-0.3, -0.25) is 4.68 Å². The number of aryl methyl sites for hydroxylation is 2. The Labute approximate surface area is 116 Å². The smallest absolute Gasteiger partial charge is 0.0646 e. The summed E-state index contributed by atoms with van der Waals surface area (Å²) in [4.78, 5) is 0. The van der Waals surface area contributed by atoms with Crippen molar-refractivity contribution in [3.8, 4) is 0 Å². The first kappa shape index (κ1) is 12.2. The number of fused-ring (bicyclic) bond motifs is 1. The molecule has 3 rings (SSSR count). The molecule has 0 aliphatic heterocycles. The second kappa shape index (κ2) is 4.70. The molecule has 4 heteroatoms. The monoisotopic (exact) mass is 271 g/mol. The van der Waals surface area contributed by atoms with Crippen LogP contribution in [0.3, 0.4) is 0 Å². The second-order valence-corrected chi connectivity index (χ2v) is 5.75. The van der Waals surface area contributed by atoms with E-state index in [9.17, 15) is 0 Å². The lowest BCUT2D eigenvalue weighted by Gasteiger charge is -2.07. The summed E-state index contributed by atoms with van der Waals surface area (Å²) in [6.45, 7) is 4.99. The molecule has 2 heterocycles. The van der Waals surface area contributed by atoms with E-state index < -0.39 is 0 Å². The number of nitrogens with one attached hydrogen (secondary N) is 1. The molecule has 3 nitrogen and oxygen atoms in total. The third-order valence-corrected chi connectivity index (χ3v) is 4.48. The molecule has 0 unspecified atom stereocenters. The average molecular weight is 271 g/mol. The van der Waals surface area contributed by atoms with Crippen LogP contribution in [0.4, 0.5) is 5.69 Å². The first-order chi connectivity index (χ1) is 9.15. The highest BCUT2D eigenvalue weighted by Gasteiger charge is 2.08. The predicted molar refractivity (Wildman–Crippen MR) is 81.8 cm³/mol. The van der Waals surface area contributed by atoms with Crippen molar-refractivity contribution in [2.24, 2.45) is 7.05 Å². The van der Waals surface area contributed by atoms with E-state index in [-0.39, 0.29) is 0 Å². The van der Waals surface area contributed by atoms with E-state index in [0.717, 1.165) is 17.9 Å². The number of nitrogens with zero attached hydrogens (tertiary/aromatic N) is 2. The molecule has 0 saturated heterocycles. The predicted octanol–water partition coefficient (Wildman–Crippen LogP) is 3.86. The van der Waals surface area contributed by atoms with Crippen molar-refractivity contribution >= 4 is 27.1 Å². The van der Waals surface area contributed by atoms with E-state index in [1.165, 1.54) is 21.3 Å². The molecular formula is C15H17N3S. The van der Waals surface area contributed by atoms with Crippen LogP contribution in [0.2, 0.25) is 0 Å². The van der Waals surface area contributed by atoms with Crippen molar-refractivity contribution in [2.75, 3.05) is 5.32 Å². The SMILES string of the molecule is Cc1nn(C)c(C)c1CNc1ccc2sccc2c1. The highest BCUT2D eigenvalue weighted by Crippen LogP contribution is 2.24. The molecule has 0 aliphatic carbocycles. The largest absolute Gasteiger partial charge is 0.381 e. The fraction of sp³-hybridized carbons (Fsp3) is 0.267. The molecule has 0 bridgehead atoms. The maximum absolute atomic E-state index is 4.44. The summed E-state index contributed by atoms with van der Waals surface area (Å²) in [7, 11) is 1.99. The topological polar surface area (TPSA) is 29.9 Å². The Hall–Kier alpha value is -1.81. The number of hydrogen-bond acceptors (Lipinski definition) is 3. The molecule has 98 valence electrons. The summed E-state index contributed by atoms with van der Waals surface area (Å²) in [5.41, 5.74) is 4.77. The van der Waals surface area contributed by atoms with E-state index in [4.69, 9.17) is 0 Å². The summed E-state index contributed by atoms with van der Waals surface area (Å²) < 4.78 is 3.27. The minimum atomic E-state index is 0.821. The number of thiophene rings is 1. The molecule has 0 amide bonds. The van der Waals surface area contributed by atoms with E-state index >= 15 is 0 Å². The van der Waals surface area contributed by atoms with Gasteiger partial charge in [-0.2, -0.15) is 5.10 Å². The van der Waals surface area contributed by atoms with Gasteiger partial charge >= 0.3 is 0 Å². The van der Waals surface area contributed by atoms with Gasteiger partial charge in [-0.1, -0.05) is 0 Å². The number of anilines is 1. The van der Waals surface area contributed by atoms with E-state index in [0.29, 0.717) is 0 Å². The van der Waals surface area contributed by atoms with Crippen LogP contribution in [0.25, 0.3) is 10.1 Å². The Kier molecular flexibility index (Phi) is 3.03. The van der Waals surface area contributed by atoms with Crippen LogP contribution in [-0.4, -0.2) is 9.78 Å². The molecule has 0 atom stereocenters. The zero-order chi connectivity index (χ0) is 13.4. The maximum atomic E-state index is 4.44.